The van der Waals surface area contributed by atoms with Crippen molar-refractivity contribution in [2.24, 2.45) is 11.3 Å². The highest BCUT2D eigenvalue weighted by Gasteiger charge is 2.28. The second kappa shape index (κ2) is 6.70. The second-order valence-electron chi connectivity index (χ2n) is 8.06. The average Bonchev–Trinajstić information content (AvgIpc) is 2.58. The van der Waals surface area contributed by atoms with Crippen LogP contribution in [-0.2, 0) is 13.0 Å². The Morgan fingerprint density at radius 3 is 2.19 bits per heavy atom. The van der Waals surface area contributed by atoms with Gasteiger partial charge in [-0.15, -0.1) is 0 Å². The predicted octanol–water partition coefficient (Wildman–Crippen LogP) is 4.46. The summed E-state index contributed by atoms with van der Waals surface area (Å²) in [4.78, 5) is 0. The van der Waals surface area contributed by atoms with Crippen molar-refractivity contribution in [2.45, 2.75) is 73.9 Å². The standard InChI is InChI=1S/C17H32ClN3/c1-9-21-14(15(18)12(2)20-21)10-13(16(3,4)5)11-19-17(6,7)8/h13,19H,9-11H2,1-8H3. The summed E-state index contributed by atoms with van der Waals surface area (Å²) in [7, 11) is 0. The van der Waals surface area contributed by atoms with Crippen LogP contribution in [0.2, 0.25) is 5.02 Å². The van der Waals surface area contributed by atoms with Crippen molar-refractivity contribution < 1.29 is 0 Å². The molecule has 1 aromatic rings. The van der Waals surface area contributed by atoms with E-state index < -0.39 is 0 Å². The van der Waals surface area contributed by atoms with E-state index in [9.17, 15) is 0 Å². The van der Waals surface area contributed by atoms with E-state index in [-0.39, 0.29) is 11.0 Å². The number of aryl methyl sites for hydroxylation is 2. The molecule has 0 saturated heterocycles. The quantitative estimate of drug-likeness (QED) is 0.870. The Kier molecular flexibility index (Phi) is 5.91. The summed E-state index contributed by atoms with van der Waals surface area (Å²) in [5, 5.41) is 9.01. The number of hydrogen-bond acceptors (Lipinski definition) is 2. The van der Waals surface area contributed by atoms with Gasteiger partial charge in [0.1, 0.15) is 0 Å². The molecule has 21 heavy (non-hydrogen) atoms. The highest BCUT2D eigenvalue weighted by Crippen LogP contribution is 2.32. The summed E-state index contributed by atoms with van der Waals surface area (Å²) >= 11 is 6.47. The van der Waals surface area contributed by atoms with Gasteiger partial charge in [-0.1, -0.05) is 32.4 Å². The van der Waals surface area contributed by atoms with Gasteiger partial charge >= 0.3 is 0 Å². The molecule has 1 N–H and O–H groups in total. The largest absolute Gasteiger partial charge is 0.312 e. The minimum atomic E-state index is 0.133. The fourth-order valence-corrected chi connectivity index (χ4v) is 2.62. The van der Waals surface area contributed by atoms with E-state index in [0.717, 1.165) is 30.2 Å². The molecule has 1 heterocycles. The van der Waals surface area contributed by atoms with Gasteiger partial charge in [-0.3, -0.25) is 4.68 Å². The Morgan fingerprint density at radius 2 is 1.76 bits per heavy atom. The molecular formula is C17H32ClN3. The zero-order chi connectivity index (χ0) is 16.4. The molecule has 0 aliphatic rings. The van der Waals surface area contributed by atoms with E-state index in [4.69, 9.17) is 11.6 Å². The van der Waals surface area contributed by atoms with Crippen LogP contribution in [0.15, 0.2) is 0 Å². The van der Waals surface area contributed by atoms with Crippen molar-refractivity contribution in [3.63, 3.8) is 0 Å². The molecule has 0 radical (unpaired) electrons. The topological polar surface area (TPSA) is 29.9 Å². The highest BCUT2D eigenvalue weighted by molar-refractivity contribution is 6.31. The van der Waals surface area contributed by atoms with E-state index in [1.54, 1.807) is 0 Å². The minimum Gasteiger partial charge on any atom is -0.312 e. The normalized spacial score (nSPS) is 14.5. The summed E-state index contributed by atoms with van der Waals surface area (Å²) in [6, 6.07) is 0. The molecule has 0 aromatic carbocycles. The lowest BCUT2D eigenvalue weighted by Crippen LogP contribution is -2.43. The van der Waals surface area contributed by atoms with Crippen LogP contribution >= 0.6 is 11.6 Å². The lowest BCUT2D eigenvalue weighted by Gasteiger charge is -2.34. The first kappa shape index (κ1) is 18.5. The van der Waals surface area contributed by atoms with Gasteiger partial charge in [-0.2, -0.15) is 5.10 Å². The molecule has 1 unspecified atom stereocenters. The molecule has 1 atom stereocenters. The number of nitrogens with zero attached hydrogens (tertiary/aromatic N) is 2. The Labute approximate surface area is 135 Å². The number of halogens is 1. The summed E-state index contributed by atoms with van der Waals surface area (Å²) in [6.45, 7) is 19.5. The van der Waals surface area contributed by atoms with Gasteiger partial charge in [0.15, 0.2) is 0 Å². The van der Waals surface area contributed by atoms with E-state index in [0.29, 0.717) is 5.92 Å². The van der Waals surface area contributed by atoms with Crippen LogP contribution < -0.4 is 5.32 Å². The third-order valence-corrected chi connectivity index (χ3v) is 4.49. The van der Waals surface area contributed by atoms with Gasteiger partial charge in [-0.05, 0) is 58.9 Å². The molecule has 0 aliphatic carbocycles. The first-order valence-electron chi connectivity index (χ1n) is 7.92. The maximum absolute atomic E-state index is 6.47. The first-order chi connectivity index (χ1) is 9.45. The Bertz CT molecular complexity index is 464. The van der Waals surface area contributed by atoms with E-state index in [2.05, 4.69) is 58.9 Å². The molecular weight excluding hydrogens is 282 g/mol. The van der Waals surface area contributed by atoms with E-state index in [1.165, 1.54) is 5.69 Å². The fourth-order valence-electron chi connectivity index (χ4n) is 2.41. The monoisotopic (exact) mass is 313 g/mol. The summed E-state index contributed by atoms with van der Waals surface area (Å²) < 4.78 is 2.05. The molecule has 122 valence electrons. The van der Waals surface area contributed by atoms with E-state index in [1.807, 2.05) is 11.6 Å². The van der Waals surface area contributed by atoms with Gasteiger partial charge in [-0.25, -0.2) is 0 Å². The number of hydrogen-bond donors (Lipinski definition) is 1. The van der Waals surface area contributed by atoms with Crippen LogP contribution in [-0.4, -0.2) is 21.9 Å². The number of nitrogens with one attached hydrogen (secondary N) is 1. The zero-order valence-corrected chi connectivity index (χ0v) is 15.7. The summed E-state index contributed by atoms with van der Waals surface area (Å²) in [5.41, 5.74) is 2.46. The van der Waals surface area contributed by atoms with Crippen LogP contribution in [0.5, 0.6) is 0 Å². The third-order valence-electron chi connectivity index (χ3n) is 4.00. The van der Waals surface area contributed by atoms with Crippen molar-refractivity contribution in [2.75, 3.05) is 6.54 Å². The fraction of sp³-hybridized carbons (Fsp3) is 0.824. The molecule has 1 aromatic heterocycles. The van der Waals surface area contributed by atoms with Crippen molar-refractivity contribution in [3.05, 3.63) is 16.4 Å². The van der Waals surface area contributed by atoms with Crippen molar-refractivity contribution in [3.8, 4) is 0 Å². The average molecular weight is 314 g/mol. The van der Waals surface area contributed by atoms with Crippen molar-refractivity contribution in [1.29, 1.82) is 0 Å². The van der Waals surface area contributed by atoms with Gasteiger partial charge < -0.3 is 5.32 Å². The highest BCUT2D eigenvalue weighted by atomic mass is 35.5. The number of aromatic nitrogens is 2. The SMILES string of the molecule is CCn1nc(C)c(Cl)c1CC(CNC(C)(C)C)C(C)(C)C. The first-order valence-corrected chi connectivity index (χ1v) is 8.30. The minimum absolute atomic E-state index is 0.133. The van der Waals surface area contributed by atoms with Crippen LogP contribution in [0.1, 0.15) is 59.9 Å². The van der Waals surface area contributed by atoms with Gasteiger partial charge in [0, 0.05) is 12.1 Å². The molecule has 0 spiro atoms. The third kappa shape index (κ3) is 5.30. The van der Waals surface area contributed by atoms with Crippen molar-refractivity contribution >= 4 is 11.6 Å². The van der Waals surface area contributed by atoms with Crippen LogP contribution in [0, 0.1) is 18.3 Å². The van der Waals surface area contributed by atoms with Crippen LogP contribution in [0.3, 0.4) is 0 Å². The van der Waals surface area contributed by atoms with Gasteiger partial charge in [0.25, 0.3) is 0 Å². The van der Waals surface area contributed by atoms with E-state index >= 15 is 0 Å². The molecule has 0 fully saturated rings. The maximum atomic E-state index is 6.47. The molecule has 4 heteroatoms. The molecule has 0 aliphatic heterocycles. The predicted molar refractivity (Wildman–Crippen MR) is 92.1 cm³/mol. The maximum Gasteiger partial charge on any atom is 0.0847 e. The molecule has 3 nitrogen and oxygen atoms in total. The molecule has 0 bridgehead atoms. The zero-order valence-electron chi connectivity index (χ0n) is 15.0. The lowest BCUT2D eigenvalue weighted by atomic mass is 9.77. The second-order valence-corrected chi connectivity index (χ2v) is 8.44. The molecule has 0 saturated carbocycles. The Morgan fingerprint density at radius 1 is 1.19 bits per heavy atom. The molecule has 0 amide bonds. The molecule has 1 rings (SSSR count). The van der Waals surface area contributed by atoms with Crippen LogP contribution in [0.25, 0.3) is 0 Å². The van der Waals surface area contributed by atoms with Gasteiger partial charge in [0.2, 0.25) is 0 Å². The number of rotatable bonds is 5. The van der Waals surface area contributed by atoms with Crippen LogP contribution in [0.4, 0.5) is 0 Å². The summed E-state index contributed by atoms with van der Waals surface area (Å²) in [6.07, 6.45) is 0.958. The van der Waals surface area contributed by atoms with Gasteiger partial charge in [0.05, 0.1) is 16.4 Å². The van der Waals surface area contributed by atoms with Crippen molar-refractivity contribution in [1.82, 2.24) is 15.1 Å². The summed E-state index contributed by atoms with van der Waals surface area (Å²) in [5.74, 6) is 0.510. The Balaban J connectivity index is 2.97. The Hall–Kier alpha value is -0.540. The lowest BCUT2D eigenvalue weighted by molar-refractivity contribution is 0.211. The smallest absolute Gasteiger partial charge is 0.0847 e.